The number of rotatable bonds is 5. The number of hydrogen-bond acceptors (Lipinski definition) is 5. The number of nitrogens with one attached hydrogen (secondary N) is 2. The third-order valence-corrected chi connectivity index (χ3v) is 6.14. The highest BCUT2D eigenvalue weighted by atomic mass is 35.5. The van der Waals surface area contributed by atoms with Crippen LogP contribution in [0.5, 0.6) is 0 Å². The molecule has 0 saturated carbocycles. The summed E-state index contributed by atoms with van der Waals surface area (Å²) in [5, 5.41) is 7.18. The van der Waals surface area contributed by atoms with Crippen LogP contribution in [0.25, 0.3) is 11.0 Å². The van der Waals surface area contributed by atoms with Gasteiger partial charge in [-0.3, -0.25) is 14.9 Å². The highest BCUT2D eigenvalue weighted by Crippen LogP contribution is 2.30. The zero-order valence-corrected chi connectivity index (χ0v) is 20.7. The molecule has 0 bridgehead atoms. The zero-order chi connectivity index (χ0) is 24.2. The molecule has 0 aliphatic carbocycles. The quantitative estimate of drug-likeness (QED) is 0.487. The number of furan rings is 1. The largest absolute Gasteiger partial charge is 0.451 e. The Kier molecular flexibility index (Phi) is 7.38. The van der Waals surface area contributed by atoms with Crippen LogP contribution in [-0.2, 0) is 4.79 Å². The molecule has 1 fully saturated rings. The monoisotopic (exact) mass is 498 g/mol. The molecule has 1 saturated heterocycles. The van der Waals surface area contributed by atoms with Crippen molar-refractivity contribution in [2.45, 2.75) is 20.3 Å². The Morgan fingerprint density at radius 1 is 1.09 bits per heavy atom. The first-order valence-corrected chi connectivity index (χ1v) is 12.0. The number of nitrogens with zero attached hydrogens (tertiary/aromatic N) is 2. The maximum atomic E-state index is 12.5. The first kappa shape index (κ1) is 24.0. The van der Waals surface area contributed by atoms with Crippen molar-refractivity contribution in [3.8, 4) is 0 Å². The van der Waals surface area contributed by atoms with Gasteiger partial charge in [-0.2, -0.15) is 0 Å². The lowest BCUT2D eigenvalue weighted by atomic mass is 10.1. The van der Waals surface area contributed by atoms with E-state index < -0.39 is 5.91 Å². The van der Waals surface area contributed by atoms with E-state index in [4.69, 9.17) is 28.2 Å². The van der Waals surface area contributed by atoms with E-state index in [0.717, 1.165) is 24.2 Å². The lowest BCUT2D eigenvalue weighted by molar-refractivity contribution is -0.132. The number of amides is 2. The standard InChI is InChI=1S/C25H27ClN4O3S/c1-16(2)13-23(31)30-11-9-29(10-12-30)20-8-7-18(15-19(20)26)27-25(34)28-24(32)22-14-17-5-3-4-6-21(17)33-22/h3-8,14-16H,9-13H2,1-2H3,(H2,27,28,32,34). The van der Waals surface area contributed by atoms with Crippen molar-refractivity contribution >= 4 is 63.1 Å². The molecule has 178 valence electrons. The second kappa shape index (κ2) is 10.4. The first-order chi connectivity index (χ1) is 16.3. The van der Waals surface area contributed by atoms with Gasteiger partial charge >= 0.3 is 0 Å². The Hall–Kier alpha value is -3.10. The summed E-state index contributed by atoms with van der Waals surface area (Å²) in [4.78, 5) is 28.9. The third kappa shape index (κ3) is 5.69. The minimum absolute atomic E-state index is 0.145. The smallest absolute Gasteiger partial charge is 0.293 e. The highest BCUT2D eigenvalue weighted by Gasteiger charge is 2.23. The normalized spacial score (nSPS) is 13.9. The molecule has 34 heavy (non-hydrogen) atoms. The number of para-hydroxylation sites is 1. The van der Waals surface area contributed by atoms with Gasteiger partial charge in [0, 0.05) is 43.7 Å². The lowest BCUT2D eigenvalue weighted by Crippen LogP contribution is -2.49. The second-order valence-electron chi connectivity index (χ2n) is 8.69. The van der Waals surface area contributed by atoms with Crippen LogP contribution in [0.3, 0.4) is 0 Å². The predicted octanol–water partition coefficient (Wildman–Crippen LogP) is 4.91. The van der Waals surface area contributed by atoms with Gasteiger partial charge in [-0.05, 0) is 48.5 Å². The van der Waals surface area contributed by atoms with Gasteiger partial charge in [-0.15, -0.1) is 0 Å². The summed E-state index contributed by atoms with van der Waals surface area (Å²) in [7, 11) is 0. The number of fused-ring (bicyclic) bond motifs is 1. The summed E-state index contributed by atoms with van der Waals surface area (Å²) in [5.74, 6) is 0.319. The van der Waals surface area contributed by atoms with Crippen LogP contribution in [-0.4, -0.2) is 48.0 Å². The number of carbonyl (C=O) groups is 2. The molecule has 2 amide bonds. The Labute approximate surface area is 209 Å². The summed E-state index contributed by atoms with van der Waals surface area (Å²) < 4.78 is 5.57. The molecule has 9 heteroatoms. The average molecular weight is 499 g/mol. The number of thiocarbonyl (C=S) groups is 1. The molecule has 3 aromatic rings. The molecule has 1 aliphatic rings. The Morgan fingerprint density at radius 3 is 2.50 bits per heavy atom. The van der Waals surface area contributed by atoms with Gasteiger partial charge in [0.15, 0.2) is 10.9 Å². The van der Waals surface area contributed by atoms with E-state index >= 15 is 0 Å². The van der Waals surface area contributed by atoms with E-state index in [1.54, 1.807) is 18.2 Å². The van der Waals surface area contributed by atoms with E-state index in [2.05, 4.69) is 29.4 Å². The number of carbonyl (C=O) groups excluding carboxylic acids is 2. The van der Waals surface area contributed by atoms with Crippen LogP contribution in [0.2, 0.25) is 5.02 Å². The number of piperazine rings is 1. The van der Waals surface area contributed by atoms with Crippen molar-refractivity contribution in [3.63, 3.8) is 0 Å². The topological polar surface area (TPSA) is 77.8 Å². The maximum absolute atomic E-state index is 12.5. The van der Waals surface area contributed by atoms with Crippen LogP contribution in [0.15, 0.2) is 52.9 Å². The Bertz CT molecular complexity index is 1180. The molecule has 4 rings (SSSR count). The molecular formula is C25H27ClN4O3S. The maximum Gasteiger partial charge on any atom is 0.293 e. The summed E-state index contributed by atoms with van der Waals surface area (Å²) in [6.07, 6.45) is 0.577. The molecule has 1 aromatic heterocycles. The van der Waals surface area contributed by atoms with Crippen molar-refractivity contribution in [2.75, 3.05) is 36.4 Å². The van der Waals surface area contributed by atoms with Crippen LogP contribution in [0.4, 0.5) is 11.4 Å². The number of hydrogen-bond donors (Lipinski definition) is 2. The Balaban J connectivity index is 1.32. The molecule has 2 heterocycles. The zero-order valence-electron chi connectivity index (χ0n) is 19.1. The van der Waals surface area contributed by atoms with Gasteiger partial charge in [0.05, 0.1) is 10.7 Å². The summed E-state index contributed by atoms with van der Waals surface area (Å²) in [6, 6.07) is 14.6. The fraction of sp³-hybridized carbons (Fsp3) is 0.320. The van der Waals surface area contributed by atoms with E-state index in [-0.39, 0.29) is 16.8 Å². The molecule has 2 N–H and O–H groups in total. The summed E-state index contributed by atoms with van der Waals surface area (Å²) in [5.41, 5.74) is 2.20. The highest BCUT2D eigenvalue weighted by molar-refractivity contribution is 7.80. The molecule has 1 aliphatic heterocycles. The second-order valence-corrected chi connectivity index (χ2v) is 9.50. The predicted molar refractivity (Wildman–Crippen MR) is 140 cm³/mol. The SMILES string of the molecule is CC(C)CC(=O)N1CCN(c2ccc(NC(=S)NC(=O)c3cc4ccccc4o3)cc2Cl)CC1. The Morgan fingerprint density at radius 2 is 1.82 bits per heavy atom. The van der Waals surface area contributed by atoms with Gasteiger partial charge in [0.2, 0.25) is 5.91 Å². The lowest BCUT2D eigenvalue weighted by Gasteiger charge is -2.37. The van der Waals surface area contributed by atoms with Crippen LogP contribution in [0, 0.1) is 5.92 Å². The first-order valence-electron chi connectivity index (χ1n) is 11.2. The summed E-state index contributed by atoms with van der Waals surface area (Å²) >= 11 is 11.8. The molecule has 7 nitrogen and oxygen atoms in total. The van der Waals surface area contributed by atoms with Crippen LogP contribution in [0.1, 0.15) is 30.8 Å². The van der Waals surface area contributed by atoms with Crippen molar-refractivity contribution < 1.29 is 14.0 Å². The number of anilines is 2. The van der Waals surface area contributed by atoms with Crippen molar-refractivity contribution in [3.05, 3.63) is 59.3 Å². The molecular weight excluding hydrogens is 472 g/mol. The number of benzene rings is 2. The average Bonchev–Trinajstić information content (AvgIpc) is 3.23. The molecule has 0 radical (unpaired) electrons. The summed E-state index contributed by atoms with van der Waals surface area (Å²) in [6.45, 7) is 6.92. The van der Waals surface area contributed by atoms with E-state index in [0.29, 0.717) is 41.7 Å². The minimum Gasteiger partial charge on any atom is -0.451 e. The van der Waals surface area contributed by atoms with E-state index in [1.165, 1.54) is 0 Å². The molecule has 0 atom stereocenters. The fourth-order valence-corrected chi connectivity index (χ4v) is 4.45. The van der Waals surface area contributed by atoms with Crippen LogP contribution < -0.4 is 15.5 Å². The molecule has 0 spiro atoms. The van der Waals surface area contributed by atoms with Gasteiger partial charge < -0.3 is 19.5 Å². The van der Waals surface area contributed by atoms with E-state index in [9.17, 15) is 9.59 Å². The van der Waals surface area contributed by atoms with Crippen LogP contribution >= 0.6 is 23.8 Å². The van der Waals surface area contributed by atoms with Crippen molar-refractivity contribution in [2.24, 2.45) is 5.92 Å². The minimum atomic E-state index is -0.429. The number of halogens is 1. The van der Waals surface area contributed by atoms with Crippen molar-refractivity contribution in [1.29, 1.82) is 0 Å². The third-order valence-electron chi connectivity index (χ3n) is 5.64. The molecule has 0 unspecified atom stereocenters. The van der Waals surface area contributed by atoms with Gasteiger partial charge in [-0.1, -0.05) is 43.6 Å². The van der Waals surface area contributed by atoms with Gasteiger partial charge in [0.1, 0.15) is 5.58 Å². The van der Waals surface area contributed by atoms with Gasteiger partial charge in [-0.25, -0.2) is 0 Å². The fourth-order valence-electron chi connectivity index (χ4n) is 3.94. The van der Waals surface area contributed by atoms with E-state index in [1.807, 2.05) is 35.2 Å². The van der Waals surface area contributed by atoms with Crippen molar-refractivity contribution in [1.82, 2.24) is 10.2 Å². The van der Waals surface area contributed by atoms with Gasteiger partial charge in [0.25, 0.3) is 5.91 Å². The molecule has 2 aromatic carbocycles.